The summed E-state index contributed by atoms with van der Waals surface area (Å²) in [4.78, 5) is 24.7. The van der Waals surface area contributed by atoms with Gasteiger partial charge in [0.25, 0.3) is 5.91 Å². The minimum Gasteiger partial charge on any atom is -0.491 e. The van der Waals surface area contributed by atoms with Crippen LogP contribution in [-0.4, -0.2) is 46.7 Å². The summed E-state index contributed by atoms with van der Waals surface area (Å²) in [5, 5.41) is 12.5. The lowest BCUT2D eigenvalue weighted by atomic mass is 10.1. The molecule has 0 radical (unpaired) electrons. The van der Waals surface area contributed by atoms with Gasteiger partial charge >= 0.3 is 6.03 Å². The highest BCUT2D eigenvalue weighted by molar-refractivity contribution is 6.06. The molecular weight excluding hydrogens is 272 g/mol. The van der Waals surface area contributed by atoms with Gasteiger partial charge in [-0.1, -0.05) is 12.1 Å². The number of nitrogens with one attached hydrogen (secondary N) is 1. The second kappa shape index (κ2) is 5.73. The molecule has 1 aromatic rings. The zero-order chi connectivity index (χ0) is 15.6. The minimum atomic E-state index is -0.936. The lowest BCUT2D eigenvalue weighted by molar-refractivity contribution is -0.131. The van der Waals surface area contributed by atoms with Crippen LogP contribution in [0.15, 0.2) is 24.3 Å². The monoisotopic (exact) mass is 292 g/mol. The van der Waals surface area contributed by atoms with Crippen molar-refractivity contribution in [3.63, 3.8) is 0 Å². The smallest absolute Gasteiger partial charge is 0.325 e. The van der Waals surface area contributed by atoms with Gasteiger partial charge in [-0.25, -0.2) is 4.79 Å². The van der Waals surface area contributed by atoms with Crippen LogP contribution in [0.3, 0.4) is 0 Å². The van der Waals surface area contributed by atoms with Crippen molar-refractivity contribution in [3.8, 4) is 5.75 Å². The van der Waals surface area contributed by atoms with Gasteiger partial charge in [0.15, 0.2) is 0 Å². The number of amides is 3. The highest BCUT2D eigenvalue weighted by atomic mass is 16.5. The first-order chi connectivity index (χ1) is 9.79. The third-order valence-corrected chi connectivity index (χ3v) is 3.27. The van der Waals surface area contributed by atoms with Crippen molar-refractivity contribution in [2.45, 2.75) is 32.4 Å². The van der Waals surface area contributed by atoms with Gasteiger partial charge in [-0.2, -0.15) is 0 Å². The largest absolute Gasteiger partial charge is 0.491 e. The number of urea groups is 1. The SMILES string of the molecule is Cc1cccc(OC[C@@H](O)CN2C(=O)NC(C)(C)C2=O)c1. The van der Waals surface area contributed by atoms with Gasteiger partial charge in [-0.15, -0.1) is 0 Å². The Morgan fingerprint density at radius 3 is 2.67 bits per heavy atom. The minimum absolute atomic E-state index is 0.0148. The topological polar surface area (TPSA) is 78.9 Å². The quantitative estimate of drug-likeness (QED) is 0.796. The van der Waals surface area contributed by atoms with Crippen LogP contribution in [-0.2, 0) is 4.79 Å². The lowest BCUT2D eigenvalue weighted by Crippen LogP contribution is -2.42. The van der Waals surface area contributed by atoms with Gasteiger partial charge in [0.2, 0.25) is 0 Å². The first-order valence-electron chi connectivity index (χ1n) is 6.81. The molecule has 2 N–H and O–H groups in total. The summed E-state index contributed by atoms with van der Waals surface area (Å²) in [5.74, 6) is 0.300. The number of aliphatic hydroxyl groups excluding tert-OH is 1. The van der Waals surface area contributed by atoms with E-state index < -0.39 is 17.7 Å². The fourth-order valence-electron chi connectivity index (χ4n) is 2.14. The highest BCUT2D eigenvalue weighted by Gasteiger charge is 2.44. The van der Waals surface area contributed by atoms with Gasteiger partial charge in [0.1, 0.15) is 24.0 Å². The number of ether oxygens (including phenoxy) is 1. The lowest BCUT2D eigenvalue weighted by Gasteiger charge is -2.19. The molecule has 1 aliphatic rings. The van der Waals surface area contributed by atoms with Crippen LogP contribution < -0.4 is 10.1 Å². The molecule has 0 bridgehead atoms. The maximum absolute atomic E-state index is 12.0. The van der Waals surface area contributed by atoms with Crippen LogP contribution in [0.5, 0.6) is 5.75 Å². The number of aryl methyl sites for hydroxylation is 1. The number of rotatable bonds is 5. The molecule has 0 aromatic heterocycles. The van der Waals surface area contributed by atoms with E-state index in [1.807, 2.05) is 25.1 Å². The molecule has 1 heterocycles. The van der Waals surface area contributed by atoms with Gasteiger partial charge in [-0.05, 0) is 38.5 Å². The molecule has 1 atom stereocenters. The number of imide groups is 1. The Hall–Kier alpha value is -2.08. The second-order valence-electron chi connectivity index (χ2n) is 5.75. The van der Waals surface area contributed by atoms with Crippen LogP contribution in [0.25, 0.3) is 0 Å². The van der Waals surface area contributed by atoms with Gasteiger partial charge in [0, 0.05) is 0 Å². The van der Waals surface area contributed by atoms with Crippen LogP contribution >= 0.6 is 0 Å². The summed E-state index contributed by atoms with van der Waals surface area (Å²) in [6.45, 7) is 5.13. The predicted molar refractivity (Wildman–Crippen MR) is 77.0 cm³/mol. The van der Waals surface area contributed by atoms with Crippen molar-refractivity contribution >= 4 is 11.9 Å². The molecule has 0 aliphatic carbocycles. The van der Waals surface area contributed by atoms with E-state index in [0.717, 1.165) is 10.5 Å². The molecule has 21 heavy (non-hydrogen) atoms. The molecule has 0 saturated carbocycles. The Morgan fingerprint density at radius 2 is 2.10 bits per heavy atom. The van der Waals surface area contributed by atoms with E-state index in [1.165, 1.54) is 0 Å². The van der Waals surface area contributed by atoms with Crippen molar-refractivity contribution in [2.75, 3.05) is 13.2 Å². The van der Waals surface area contributed by atoms with E-state index in [1.54, 1.807) is 19.9 Å². The number of hydrogen-bond acceptors (Lipinski definition) is 4. The maximum Gasteiger partial charge on any atom is 0.325 e. The number of aliphatic hydroxyl groups is 1. The summed E-state index contributed by atoms with van der Waals surface area (Å²) in [6, 6.07) is 6.95. The molecule has 114 valence electrons. The normalized spacial score (nSPS) is 18.6. The molecular formula is C15H20N2O4. The summed E-state index contributed by atoms with van der Waals surface area (Å²) < 4.78 is 5.46. The Balaban J connectivity index is 1.89. The summed E-state index contributed by atoms with van der Waals surface area (Å²) in [7, 11) is 0. The molecule has 1 aliphatic heterocycles. The average molecular weight is 292 g/mol. The van der Waals surface area contributed by atoms with Crippen LogP contribution in [0.1, 0.15) is 19.4 Å². The number of β-amino-alcohol motifs (C(OH)–C–C–N with tert-alkyl or cyclic N) is 1. The average Bonchev–Trinajstić information content (AvgIpc) is 2.59. The van der Waals surface area contributed by atoms with E-state index in [4.69, 9.17) is 4.74 Å². The number of hydrogen-bond donors (Lipinski definition) is 2. The standard InChI is InChI=1S/C15H20N2O4/c1-10-5-4-6-12(7-10)21-9-11(18)8-17-13(19)15(2,3)16-14(17)20/h4-7,11,18H,8-9H2,1-3H3,(H,16,20)/t11-/m0/s1. The Bertz CT molecular complexity index is 556. The van der Waals surface area contributed by atoms with Gasteiger partial charge < -0.3 is 15.2 Å². The van der Waals surface area contributed by atoms with E-state index in [-0.39, 0.29) is 19.1 Å². The van der Waals surface area contributed by atoms with Crippen molar-refractivity contribution in [1.82, 2.24) is 10.2 Å². The Kier molecular flexibility index (Phi) is 4.18. The molecule has 0 unspecified atom stereocenters. The summed E-state index contributed by atoms with van der Waals surface area (Å²) in [5.41, 5.74) is 0.131. The van der Waals surface area contributed by atoms with Crippen molar-refractivity contribution < 1.29 is 19.4 Å². The third-order valence-electron chi connectivity index (χ3n) is 3.27. The van der Waals surface area contributed by atoms with E-state index in [9.17, 15) is 14.7 Å². The maximum atomic E-state index is 12.0. The molecule has 0 spiro atoms. The zero-order valence-electron chi connectivity index (χ0n) is 12.4. The molecule has 3 amide bonds. The van der Waals surface area contributed by atoms with Crippen LogP contribution in [0.2, 0.25) is 0 Å². The Labute approximate surface area is 123 Å². The number of carbonyl (C=O) groups is 2. The number of benzene rings is 1. The molecule has 6 nitrogen and oxygen atoms in total. The molecule has 1 fully saturated rings. The zero-order valence-corrected chi connectivity index (χ0v) is 12.4. The summed E-state index contributed by atoms with van der Waals surface area (Å²) >= 11 is 0. The van der Waals surface area contributed by atoms with Gasteiger partial charge in [0.05, 0.1) is 6.54 Å². The van der Waals surface area contributed by atoms with Crippen molar-refractivity contribution in [2.24, 2.45) is 0 Å². The van der Waals surface area contributed by atoms with Crippen LogP contribution in [0.4, 0.5) is 4.79 Å². The third kappa shape index (κ3) is 3.52. The van der Waals surface area contributed by atoms with E-state index in [0.29, 0.717) is 5.75 Å². The first-order valence-corrected chi connectivity index (χ1v) is 6.81. The summed E-state index contributed by atoms with van der Waals surface area (Å²) in [6.07, 6.45) is -0.936. The number of carbonyl (C=O) groups excluding carboxylic acids is 2. The van der Waals surface area contributed by atoms with Gasteiger partial charge in [-0.3, -0.25) is 9.69 Å². The van der Waals surface area contributed by atoms with Crippen LogP contribution in [0, 0.1) is 6.92 Å². The Morgan fingerprint density at radius 1 is 1.38 bits per heavy atom. The van der Waals surface area contributed by atoms with E-state index >= 15 is 0 Å². The van der Waals surface area contributed by atoms with Crippen molar-refractivity contribution in [3.05, 3.63) is 29.8 Å². The first kappa shape index (κ1) is 15.3. The molecule has 2 rings (SSSR count). The number of nitrogens with zero attached hydrogens (tertiary/aromatic N) is 1. The van der Waals surface area contributed by atoms with E-state index in [2.05, 4.69) is 5.32 Å². The second-order valence-corrected chi connectivity index (χ2v) is 5.75. The predicted octanol–water partition coefficient (Wildman–Crippen LogP) is 1.07. The fourth-order valence-corrected chi connectivity index (χ4v) is 2.14. The molecule has 6 heteroatoms. The highest BCUT2D eigenvalue weighted by Crippen LogP contribution is 2.17. The van der Waals surface area contributed by atoms with Crippen molar-refractivity contribution in [1.29, 1.82) is 0 Å². The molecule has 1 saturated heterocycles. The fraction of sp³-hybridized carbons (Fsp3) is 0.467. The molecule has 1 aromatic carbocycles.